The number of hydrogen-bond acceptors (Lipinski definition) is 3. The van der Waals surface area contributed by atoms with E-state index in [1.54, 1.807) is 12.1 Å². The molecule has 1 aliphatic heterocycles. The Bertz CT molecular complexity index is 408. The van der Waals surface area contributed by atoms with Crippen LogP contribution in [0.15, 0.2) is 24.3 Å². The first-order valence-electron chi connectivity index (χ1n) is 6.03. The highest BCUT2D eigenvalue weighted by atomic mass is 19.1. The number of nitrogens with zero attached hydrogens (tertiary/aromatic N) is 1. The first-order valence-corrected chi connectivity index (χ1v) is 6.03. The maximum absolute atomic E-state index is 12.7. The lowest BCUT2D eigenvalue weighted by atomic mass is 10.1. The van der Waals surface area contributed by atoms with E-state index in [9.17, 15) is 9.18 Å². The molecule has 98 valence electrons. The molecule has 18 heavy (non-hydrogen) atoms. The van der Waals surface area contributed by atoms with Crippen molar-refractivity contribution in [3.8, 4) is 0 Å². The van der Waals surface area contributed by atoms with Gasteiger partial charge in [0.25, 0.3) is 0 Å². The van der Waals surface area contributed by atoms with Gasteiger partial charge in [-0.1, -0.05) is 12.1 Å². The second kappa shape index (κ2) is 5.93. The van der Waals surface area contributed by atoms with Crippen molar-refractivity contribution in [1.29, 1.82) is 0 Å². The summed E-state index contributed by atoms with van der Waals surface area (Å²) < 4.78 is 12.7. The summed E-state index contributed by atoms with van der Waals surface area (Å²) in [6.45, 7) is 1.92. The molecule has 1 unspecified atom stereocenters. The van der Waals surface area contributed by atoms with Gasteiger partial charge in [-0.25, -0.2) is 10.3 Å². The average Bonchev–Trinajstić information content (AvgIpc) is 2.81. The number of carbonyl (C=O) groups excluding carboxylic acids is 1. The largest absolute Gasteiger partial charge is 0.342 e. The van der Waals surface area contributed by atoms with Crippen LogP contribution in [0.4, 0.5) is 4.39 Å². The molecule has 0 bridgehead atoms. The number of benzene rings is 1. The van der Waals surface area contributed by atoms with Gasteiger partial charge in [-0.3, -0.25) is 4.79 Å². The van der Waals surface area contributed by atoms with E-state index in [0.29, 0.717) is 25.5 Å². The van der Waals surface area contributed by atoms with E-state index in [-0.39, 0.29) is 11.7 Å². The van der Waals surface area contributed by atoms with Gasteiger partial charge in [0.15, 0.2) is 0 Å². The first kappa shape index (κ1) is 13.0. The van der Waals surface area contributed by atoms with E-state index in [1.807, 2.05) is 4.90 Å². The minimum atomic E-state index is -0.285. The fourth-order valence-corrected chi connectivity index (χ4v) is 2.22. The zero-order valence-corrected chi connectivity index (χ0v) is 10.1. The number of halogens is 1. The molecule has 1 aromatic rings. The molecule has 1 heterocycles. The Hall–Kier alpha value is -1.46. The molecule has 0 radical (unpaired) electrons. The Morgan fingerprint density at radius 3 is 2.83 bits per heavy atom. The molecular formula is C13H17FN2O2. The Labute approximate surface area is 105 Å². The highest BCUT2D eigenvalue weighted by Crippen LogP contribution is 2.17. The lowest BCUT2D eigenvalue weighted by Gasteiger charge is -2.16. The third-order valence-corrected chi connectivity index (χ3v) is 3.24. The van der Waals surface area contributed by atoms with Crippen molar-refractivity contribution >= 4 is 5.91 Å². The molecule has 4 nitrogen and oxygen atoms in total. The maximum Gasteiger partial charge on any atom is 0.227 e. The number of hydrogen-bond donors (Lipinski definition) is 1. The van der Waals surface area contributed by atoms with Gasteiger partial charge in [0.2, 0.25) is 5.91 Å². The molecule has 0 aliphatic carbocycles. The van der Waals surface area contributed by atoms with Crippen LogP contribution in [0.2, 0.25) is 0 Å². The van der Waals surface area contributed by atoms with Crippen LogP contribution in [-0.4, -0.2) is 30.5 Å². The summed E-state index contributed by atoms with van der Waals surface area (Å²) in [4.78, 5) is 18.4. The van der Waals surface area contributed by atoms with Crippen molar-refractivity contribution in [1.82, 2.24) is 4.90 Å². The minimum Gasteiger partial charge on any atom is -0.342 e. The van der Waals surface area contributed by atoms with Crippen LogP contribution in [0.5, 0.6) is 0 Å². The molecule has 1 saturated heterocycles. The fraction of sp³-hybridized carbons (Fsp3) is 0.462. The SMILES string of the molecule is NOCC1CCN(C(=O)Cc2ccc(F)cc2)C1. The molecule has 0 spiro atoms. The lowest BCUT2D eigenvalue weighted by molar-refractivity contribution is -0.129. The monoisotopic (exact) mass is 252 g/mol. The predicted molar refractivity (Wildman–Crippen MR) is 64.9 cm³/mol. The van der Waals surface area contributed by atoms with Crippen LogP contribution in [0, 0.1) is 11.7 Å². The quantitative estimate of drug-likeness (QED) is 0.817. The second-order valence-electron chi connectivity index (χ2n) is 4.63. The van der Waals surface area contributed by atoms with Gasteiger partial charge in [0.1, 0.15) is 5.82 Å². The molecule has 1 atom stereocenters. The molecule has 2 rings (SSSR count). The number of amides is 1. The molecule has 5 heteroatoms. The van der Waals surface area contributed by atoms with Crippen LogP contribution in [0.1, 0.15) is 12.0 Å². The van der Waals surface area contributed by atoms with Crippen molar-refractivity contribution in [3.63, 3.8) is 0 Å². The van der Waals surface area contributed by atoms with Crippen molar-refractivity contribution in [2.24, 2.45) is 11.8 Å². The van der Waals surface area contributed by atoms with Crippen molar-refractivity contribution in [3.05, 3.63) is 35.6 Å². The Balaban J connectivity index is 1.87. The van der Waals surface area contributed by atoms with Crippen LogP contribution >= 0.6 is 0 Å². The van der Waals surface area contributed by atoms with E-state index in [0.717, 1.165) is 18.5 Å². The summed E-state index contributed by atoms with van der Waals surface area (Å²) in [6.07, 6.45) is 1.24. The summed E-state index contributed by atoms with van der Waals surface area (Å²) >= 11 is 0. The number of rotatable bonds is 4. The zero-order valence-electron chi connectivity index (χ0n) is 10.1. The lowest BCUT2D eigenvalue weighted by Crippen LogP contribution is -2.30. The molecule has 0 saturated carbocycles. The first-order chi connectivity index (χ1) is 8.69. The summed E-state index contributed by atoms with van der Waals surface area (Å²) in [5, 5.41) is 0. The third-order valence-electron chi connectivity index (χ3n) is 3.24. The molecule has 1 aliphatic rings. The molecule has 1 amide bonds. The highest BCUT2D eigenvalue weighted by Gasteiger charge is 2.26. The molecule has 1 aromatic carbocycles. The van der Waals surface area contributed by atoms with Gasteiger partial charge < -0.3 is 9.74 Å². The van der Waals surface area contributed by atoms with E-state index in [1.165, 1.54) is 12.1 Å². The van der Waals surface area contributed by atoms with Gasteiger partial charge in [-0.15, -0.1) is 0 Å². The molecule has 1 fully saturated rings. The Kier molecular flexibility index (Phi) is 4.28. The number of likely N-dealkylation sites (tertiary alicyclic amines) is 1. The standard InChI is InChI=1S/C13H17FN2O2/c14-12-3-1-10(2-4-12)7-13(17)16-6-5-11(8-16)9-18-15/h1-4,11H,5-9,15H2. The normalized spacial score (nSPS) is 19.2. The van der Waals surface area contributed by atoms with Crippen molar-refractivity contribution in [2.75, 3.05) is 19.7 Å². The zero-order chi connectivity index (χ0) is 13.0. The topological polar surface area (TPSA) is 55.6 Å². The van der Waals surface area contributed by atoms with Crippen molar-refractivity contribution in [2.45, 2.75) is 12.8 Å². The van der Waals surface area contributed by atoms with Gasteiger partial charge in [0, 0.05) is 19.0 Å². The molecular weight excluding hydrogens is 235 g/mol. The summed E-state index contributed by atoms with van der Waals surface area (Å²) in [5.74, 6) is 5.14. The predicted octanol–water partition coefficient (Wildman–Crippen LogP) is 1.11. The van der Waals surface area contributed by atoms with Crippen molar-refractivity contribution < 1.29 is 14.0 Å². The van der Waals surface area contributed by atoms with Crippen LogP contribution in [0.3, 0.4) is 0 Å². The van der Waals surface area contributed by atoms with Gasteiger partial charge in [-0.05, 0) is 24.1 Å². The maximum atomic E-state index is 12.7. The summed E-state index contributed by atoms with van der Waals surface area (Å²) in [6, 6.07) is 6.03. The van der Waals surface area contributed by atoms with E-state index < -0.39 is 0 Å². The minimum absolute atomic E-state index is 0.0705. The van der Waals surface area contributed by atoms with E-state index >= 15 is 0 Å². The number of nitrogens with two attached hydrogens (primary N) is 1. The van der Waals surface area contributed by atoms with Gasteiger partial charge in [-0.2, -0.15) is 0 Å². The fourth-order valence-electron chi connectivity index (χ4n) is 2.22. The smallest absolute Gasteiger partial charge is 0.227 e. The van der Waals surface area contributed by atoms with Gasteiger partial charge in [0.05, 0.1) is 13.0 Å². The highest BCUT2D eigenvalue weighted by molar-refractivity contribution is 5.79. The third kappa shape index (κ3) is 3.27. The van der Waals surface area contributed by atoms with Gasteiger partial charge >= 0.3 is 0 Å². The van der Waals surface area contributed by atoms with Crippen LogP contribution < -0.4 is 5.90 Å². The summed E-state index contributed by atoms with van der Waals surface area (Å²) in [5.41, 5.74) is 0.833. The summed E-state index contributed by atoms with van der Waals surface area (Å²) in [7, 11) is 0. The van der Waals surface area contributed by atoms with Crippen LogP contribution in [0.25, 0.3) is 0 Å². The number of carbonyl (C=O) groups is 1. The average molecular weight is 252 g/mol. The van der Waals surface area contributed by atoms with E-state index in [4.69, 9.17) is 5.90 Å². The Morgan fingerprint density at radius 1 is 1.44 bits per heavy atom. The van der Waals surface area contributed by atoms with E-state index in [2.05, 4.69) is 4.84 Å². The molecule has 2 N–H and O–H groups in total. The molecule has 0 aromatic heterocycles. The second-order valence-corrected chi connectivity index (χ2v) is 4.63. The van der Waals surface area contributed by atoms with Crippen LogP contribution in [-0.2, 0) is 16.1 Å². The Morgan fingerprint density at radius 2 is 2.17 bits per heavy atom.